The number of benzene rings is 1. The molecule has 6 nitrogen and oxygen atoms in total. The van der Waals surface area contributed by atoms with Crippen LogP contribution in [0.15, 0.2) is 41.7 Å². The van der Waals surface area contributed by atoms with E-state index < -0.39 is 15.4 Å². The molecule has 0 unspecified atom stereocenters. The third-order valence-electron chi connectivity index (χ3n) is 4.69. The fraction of sp³-hybridized carbons (Fsp3) is 0.316. The topological polar surface area (TPSA) is 89.0 Å². The number of carbonyl (C=O) groups is 1. The first-order chi connectivity index (χ1) is 13.7. The van der Waals surface area contributed by atoms with Gasteiger partial charge in [-0.2, -0.15) is 0 Å². The molecular weight excluding hydrogens is 450 g/mol. The molecule has 3 heterocycles. The molecule has 29 heavy (non-hydrogen) atoms. The Labute approximate surface area is 182 Å². The monoisotopic (exact) mass is 467 g/mol. The molecule has 3 aromatic rings. The Kier molecular flexibility index (Phi) is 5.58. The third kappa shape index (κ3) is 4.74. The fourth-order valence-corrected chi connectivity index (χ4v) is 7.53. The lowest BCUT2D eigenvalue weighted by Crippen LogP contribution is -2.47. The van der Waals surface area contributed by atoms with Crippen molar-refractivity contribution in [3.05, 3.63) is 41.7 Å². The number of nitrogens with one attached hydrogen (secondary N) is 1. The van der Waals surface area contributed by atoms with Crippen molar-refractivity contribution in [1.82, 2.24) is 15.3 Å². The maximum Gasteiger partial charge on any atom is 0.230 e. The molecule has 1 amide bonds. The molecule has 1 aromatic carbocycles. The van der Waals surface area contributed by atoms with E-state index in [2.05, 4.69) is 15.3 Å². The van der Waals surface area contributed by atoms with E-state index in [9.17, 15) is 13.2 Å². The van der Waals surface area contributed by atoms with Crippen LogP contribution in [0.3, 0.4) is 0 Å². The van der Waals surface area contributed by atoms with E-state index in [0.717, 1.165) is 25.7 Å². The summed E-state index contributed by atoms with van der Waals surface area (Å²) in [5.74, 6) is 0.0711. The zero-order chi connectivity index (χ0) is 20.6. The van der Waals surface area contributed by atoms with Crippen molar-refractivity contribution >= 4 is 60.7 Å². The molecule has 1 fully saturated rings. The minimum Gasteiger partial charge on any atom is -0.349 e. The number of carbonyl (C=O) groups excluding carboxylic acids is 1. The summed E-state index contributed by atoms with van der Waals surface area (Å²) in [6.07, 6.45) is 1.94. The van der Waals surface area contributed by atoms with E-state index in [0.29, 0.717) is 11.4 Å². The molecule has 152 valence electrons. The van der Waals surface area contributed by atoms with Crippen molar-refractivity contribution in [3.8, 4) is 10.4 Å². The summed E-state index contributed by atoms with van der Waals surface area (Å²) in [7, 11) is -3.07. The summed E-state index contributed by atoms with van der Waals surface area (Å²) in [5.41, 5.74) is 1.18. The average molecular weight is 468 g/mol. The van der Waals surface area contributed by atoms with E-state index in [4.69, 9.17) is 11.6 Å². The van der Waals surface area contributed by atoms with Gasteiger partial charge in [0.2, 0.25) is 5.91 Å². The lowest BCUT2D eigenvalue weighted by molar-refractivity contribution is -0.120. The molecule has 0 aliphatic carbocycles. The Morgan fingerprint density at radius 3 is 2.76 bits per heavy atom. The number of nitrogens with zero attached hydrogens (tertiary/aromatic N) is 2. The SMILES string of the molecule is C[C@@]1(NC(=O)CSc2ncnc3cc(-c4ccc(Cl)cc4)sc23)CCS(=O)(=O)C1. The van der Waals surface area contributed by atoms with Gasteiger partial charge in [0.1, 0.15) is 11.4 Å². The highest BCUT2D eigenvalue weighted by atomic mass is 35.5. The first-order valence-electron chi connectivity index (χ1n) is 8.88. The number of thioether (sulfide) groups is 1. The second-order valence-corrected chi connectivity index (χ2v) is 11.9. The predicted octanol–water partition coefficient (Wildman–Crippen LogP) is 3.80. The summed E-state index contributed by atoms with van der Waals surface area (Å²) in [4.78, 5) is 22.1. The maximum atomic E-state index is 12.4. The van der Waals surface area contributed by atoms with Gasteiger partial charge in [-0.1, -0.05) is 35.5 Å². The molecule has 1 saturated heterocycles. The van der Waals surface area contributed by atoms with Crippen molar-refractivity contribution in [1.29, 1.82) is 0 Å². The van der Waals surface area contributed by atoms with Crippen LogP contribution in [-0.2, 0) is 14.6 Å². The first-order valence-corrected chi connectivity index (χ1v) is 12.9. The highest BCUT2D eigenvalue weighted by molar-refractivity contribution is 8.00. The van der Waals surface area contributed by atoms with Gasteiger partial charge in [-0.05, 0) is 37.1 Å². The quantitative estimate of drug-likeness (QED) is 0.453. The normalized spacial score (nSPS) is 20.8. The molecule has 0 bridgehead atoms. The molecular formula is C19H18ClN3O3S3. The summed E-state index contributed by atoms with van der Waals surface area (Å²) >= 11 is 8.86. The second kappa shape index (κ2) is 7.86. The van der Waals surface area contributed by atoms with Gasteiger partial charge >= 0.3 is 0 Å². The summed E-state index contributed by atoms with van der Waals surface area (Å²) < 4.78 is 24.3. The number of amides is 1. The Bertz CT molecular complexity index is 1180. The number of hydrogen-bond acceptors (Lipinski definition) is 7. The summed E-state index contributed by atoms with van der Waals surface area (Å²) in [5, 5.41) is 4.29. The third-order valence-corrected chi connectivity index (χ3v) is 9.15. The highest BCUT2D eigenvalue weighted by Gasteiger charge is 2.39. The van der Waals surface area contributed by atoms with Crippen molar-refractivity contribution < 1.29 is 13.2 Å². The molecule has 1 aliphatic heterocycles. The van der Waals surface area contributed by atoms with Crippen LogP contribution in [0.1, 0.15) is 13.3 Å². The number of fused-ring (bicyclic) bond motifs is 1. The lowest BCUT2D eigenvalue weighted by atomic mass is 10.0. The number of thiophene rings is 1. The van der Waals surface area contributed by atoms with Gasteiger partial charge in [0.15, 0.2) is 9.84 Å². The van der Waals surface area contributed by atoms with E-state index in [1.54, 1.807) is 18.3 Å². The van der Waals surface area contributed by atoms with Crippen LogP contribution in [0.2, 0.25) is 5.02 Å². The molecule has 2 aromatic heterocycles. The molecule has 4 rings (SSSR count). The van der Waals surface area contributed by atoms with Gasteiger partial charge in [-0.25, -0.2) is 18.4 Å². The van der Waals surface area contributed by atoms with Gasteiger partial charge in [-0.15, -0.1) is 11.3 Å². The Morgan fingerprint density at radius 1 is 1.31 bits per heavy atom. The molecule has 0 radical (unpaired) electrons. The minimum absolute atomic E-state index is 0.0104. The lowest BCUT2D eigenvalue weighted by Gasteiger charge is -2.23. The number of hydrogen-bond donors (Lipinski definition) is 1. The highest BCUT2D eigenvalue weighted by Crippen LogP contribution is 2.37. The molecule has 0 saturated carbocycles. The largest absolute Gasteiger partial charge is 0.349 e. The standard InChI is InChI=1S/C19H18ClN3O3S3/c1-19(6-7-29(25,26)10-19)23-16(24)9-27-18-17-14(21-11-22-18)8-15(28-17)12-2-4-13(20)5-3-12/h2-5,8,11H,6-7,9-10H2,1H3,(H,23,24)/t19-/m1/s1. The van der Waals surface area contributed by atoms with Crippen LogP contribution in [-0.4, -0.2) is 47.1 Å². The summed E-state index contributed by atoms with van der Waals surface area (Å²) in [6, 6.07) is 9.60. The van der Waals surface area contributed by atoms with Gasteiger partial charge in [-0.3, -0.25) is 4.79 Å². The number of rotatable bonds is 5. The first kappa shape index (κ1) is 20.6. The van der Waals surface area contributed by atoms with Gasteiger partial charge in [0.25, 0.3) is 0 Å². The Hall–Kier alpha value is -1.68. The number of halogens is 1. The van der Waals surface area contributed by atoms with Crippen LogP contribution in [0.25, 0.3) is 20.7 Å². The summed E-state index contributed by atoms with van der Waals surface area (Å²) in [6.45, 7) is 1.78. The molecule has 0 spiro atoms. The van der Waals surface area contributed by atoms with Crippen LogP contribution in [0.5, 0.6) is 0 Å². The molecule has 1 atom stereocenters. The van der Waals surface area contributed by atoms with E-state index in [-0.39, 0.29) is 23.2 Å². The van der Waals surface area contributed by atoms with Gasteiger partial charge < -0.3 is 5.32 Å². The van der Waals surface area contributed by atoms with Crippen molar-refractivity contribution in [3.63, 3.8) is 0 Å². The van der Waals surface area contributed by atoms with E-state index in [1.807, 2.05) is 30.3 Å². The van der Waals surface area contributed by atoms with Crippen molar-refractivity contribution in [2.24, 2.45) is 0 Å². The smallest absolute Gasteiger partial charge is 0.230 e. The molecule has 10 heteroatoms. The maximum absolute atomic E-state index is 12.4. The second-order valence-electron chi connectivity index (χ2n) is 7.25. The van der Waals surface area contributed by atoms with Crippen LogP contribution >= 0.6 is 34.7 Å². The van der Waals surface area contributed by atoms with Crippen LogP contribution in [0, 0.1) is 0 Å². The minimum atomic E-state index is -3.07. The van der Waals surface area contributed by atoms with Gasteiger partial charge in [0, 0.05) is 9.90 Å². The Morgan fingerprint density at radius 2 is 2.07 bits per heavy atom. The van der Waals surface area contributed by atoms with Crippen molar-refractivity contribution in [2.75, 3.05) is 17.3 Å². The van der Waals surface area contributed by atoms with Crippen LogP contribution < -0.4 is 5.32 Å². The Balaban J connectivity index is 1.48. The predicted molar refractivity (Wildman–Crippen MR) is 118 cm³/mol. The average Bonchev–Trinajstić information content (AvgIpc) is 3.21. The zero-order valence-electron chi connectivity index (χ0n) is 15.5. The zero-order valence-corrected chi connectivity index (χ0v) is 18.7. The molecule has 1 N–H and O–H groups in total. The number of sulfone groups is 1. The van der Waals surface area contributed by atoms with Crippen molar-refractivity contribution in [2.45, 2.75) is 23.9 Å². The van der Waals surface area contributed by atoms with Crippen LogP contribution in [0.4, 0.5) is 0 Å². The van der Waals surface area contributed by atoms with Gasteiger partial charge in [0.05, 0.1) is 33.0 Å². The fourth-order valence-electron chi connectivity index (χ4n) is 3.31. The number of aromatic nitrogens is 2. The van der Waals surface area contributed by atoms with E-state index in [1.165, 1.54) is 18.1 Å². The van der Waals surface area contributed by atoms with E-state index >= 15 is 0 Å². The molecule has 1 aliphatic rings.